The summed E-state index contributed by atoms with van der Waals surface area (Å²) in [5.74, 6) is -0.814. The van der Waals surface area contributed by atoms with Crippen LogP contribution < -0.4 is 11.5 Å². The maximum atomic E-state index is 11.2. The van der Waals surface area contributed by atoms with Crippen molar-refractivity contribution in [2.24, 2.45) is 21.5 Å². The predicted molar refractivity (Wildman–Crippen MR) is 61.4 cm³/mol. The maximum absolute atomic E-state index is 11.2. The van der Waals surface area contributed by atoms with Crippen LogP contribution in [0.5, 0.6) is 0 Å². The molecule has 1 amide bonds. The Morgan fingerprint density at radius 2 is 2.19 bits per heavy atom. The highest BCUT2D eigenvalue weighted by Crippen LogP contribution is 2.12. The van der Waals surface area contributed by atoms with Crippen LogP contribution >= 0.6 is 11.8 Å². The summed E-state index contributed by atoms with van der Waals surface area (Å²) in [5.41, 5.74) is 10.8. The molecule has 0 saturated carbocycles. The summed E-state index contributed by atoms with van der Waals surface area (Å²) in [5, 5.41) is 8.66. The summed E-state index contributed by atoms with van der Waals surface area (Å²) >= 11 is 1.19. The Morgan fingerprint density at radius 1 is 1.50 bits per heavy atom. The molecule has 16 heavy (non-hydrogen) atoms. The molecule has 5 N–H and O–H groups in total. The molecule has 1 rings (SSSR count). The Hall–Kier alpha value is -1.41. The fourth-order valence-electron chi connectivity index (χ4n) is 0.947. The van der Waals surface area contributed by atoms with E-state index in [1.807, 2.05) is 0 Å². The number of hydrogen-bond acceptors (Lipinski definition) is 6. The van der Waals surface area contributed by atoms with Crippen LogP contribution in [-0.4, -0.2) is 39.8 Å². The van der Waals surface area contributed by atoms with Crippen LogP contribution in [0.1, 0.15) is 12.8 Å². The van der Waals surface area contributed by atoms with Crippen molar-refractivity contribution in [1.82, 2.24) is 0 Å². The highest BCUT2D eigenvalue weighted by Gasteiger charge is 2.22. The lowest BCUT2D eigenvalue weighted by atomic mass is 10.2. The molecule has 0 aromatic rings. The van der Waals surface area contributed by atoms with Gasteiger partial charge in [-0.25, -0.2) is 4.99 Å². The minimum atomic E-state index is -0.955. The van der Waals surface area contributed by atoms with Crippen LogP contribution in [0.15, 0.2) is 9.98 Å². The number of nitrogens with zero attached hydrogens (tertiary/aromatic N) is 2. The number of carbonyl (C=O) groups excluding carboxylic acids is 1. The van der Waals surface area contributed by atoms with Crippen LogP contribution in [-0.2, 0) is 9.59 Å². The molecule has 1 atom stereocenters. The van der Waals surface area contributed by atoms with Gasteiger partial charge in [0.15, 0.2) is 5.17 Å². The van der Waals surface area contributed by atoms with E-state index < -0.39 is 17.9 Å². The van der Waals surface area contributed by atoms with E-state index in [9.17, 15) is 9.59 Å². The first-order valence-corrected chi connectivity index (χ1v) is 5.56. The van der Waals surface area contributed by atoms with Gasteiger partial charge in [0.1, 0.15) is 11.9 Å². The summed E-state index contributed by atoms with van der Waals surface area (Å²) in [4.78, 5) is 28.9. The molecular formula is C8H12N4O3S. The van der Waals surface area contributed by atoms with Crippen LogP contribution in [0, 0.1) is 0 Å². The number of aliphatic carboxylic acids is 1. The van der Waals surface area contributed by atoms with Gasteiger partial charge in [0, 0.05) is 12.2 Å². The average Bonchev–Trinajstić information content (AvgIpc) is 2.20. The molecule has 0 aliphatic carbocycles. The SMILES string of the molecule is NC1=NC(SCCCC(=O)O)=NC(=O)C1N. The minimum absolute atomic E-state index is 0.0423. The van der Waals surface area contributed by atoms with Gasteiger partial charge in [0.05, 0.1) is 0 Å². The molecule has 8 heteroatoms. The summed E-state index contributed by atoms with van der Waals surface area (Å²) < 4.78 is 0. The first-order valence-electron chi connectivity index (χ1n) is 4.57. The van der Waals surface area contributed by atoms with Gasteiger partial charge in [-0.05, 0) is 6.42 Å². The third kappa shape index (κ3) is 3.63. The van der Waals surface area contributed by atoms with Crippen molar-refractivity contribution >= 4 is 34.6 Å². The third-order valence-corrected chi connectivity index (χ3v) is 2.71. The second-order valence-corrected chi connectivity index (χ2v) is 4.15. The van der Waals surface area contributed by atoms with E-state index in [-0.39, 0.29) is 17.4 Å². The lowest BCUT2D eigenvalue weighted by Gasteiger charge is -2.12. The highest BCUT2D eigenvalue weighted by molar-refractivity contribution is 8.13. The Bertz CT molecular complexity index is 366. The molecule has 1 unspecified atom stereocenters. The zero-order valence-corrected chi connectivity index (χ0v) is 9.24. The number of rotatable bonds is 4. The molecule has 1 aliphatic rings. The van der Waals surface area contributed by atoms with E-state index >= 15 is 0 Å². The molecule has 7 nitrogen and oxygen atoms in total. The average molecular weight is 244 g/mol. The van der Waals surface area contributed by atoms with Crippen molar-refractivity contribution in [1.29, 1.82) is 0 Å². The molecule has 0 fully saturated rings. The molecule has 0 saturated heterocycles. The molecule has 1 aliphatic heterocycles. The second kappa shape index (κ2) is 5.61. The zero-order valence-electron chi connectivity index (χ0n) is 8.42. The fraction of sp³-hybridized carbons (Fsp3) is 0.500. The van der Waals surface area contributed by atoms with E-state index in [0.29, 0.717) is 12.2 Å². The number of amides is 1. The summed E-state index contributed by atoms with van der Waals surface area (Å²) in [6, 6.07) is -0.955. The Kier molecular flexibility index (Phi) is 4.44. The number of carbonyl (C=O) groups is 2. The Morgan fingerprint density at radius 3 is 2.75 bits per heavy atom. The van der Waals surface area contributed by atoms with Gasteiger partial charge >= 0.3 is 5.97 Å². The number of hydrogen-bond donors (Lipinski definition) is 3. The van der Waals surface area contributed by atoms with E-state index in [2.05, 4.69) is 9.98 Å². The molecule has 88 valence electrons. The standard InChI is InChI=1S/C8H12N4O3S/c9-5-6(10)11-8(12-7(5)15)16-3-1-2-4(13)14/h5H,1-3,9H2,(H,13,14)(H2,10,11,12,15). The van der Waals surface area contributed by atoms with Crippen molar-refractivity contribution < 1.29 is 14.7 Å². The van der Waals surface area contributed by atoms with Gasteiger partial charge in [0.25, 0.3) is 5.91 Å². The van der Waals surface area contributed by atoms with Crippen LogP contribution in [0.2, 0.25) is 0 Å². The quantitative estimate of drug-likeness (QED) is 0.553. The smallest absolute Gasteiger partial charge is 0.303 e. The topological polar surface area (TPSA) is 131 Å². The van der Waals surface area contributed by atoms with Crippen LogP contribution in [0.25, 0.3) is 0 Å². The fourth-order valence-corrected chi connectivity index (χ4v) is 1.74. The summed E-state index contributed by atoms with van der Waals surface area (Å²) in [6.07, 6.45) is 0.557. The first-order chi connectivity index (χ1) is 7.50. The van der Waals surface area contributed by atoms with Gasteiger partial charge in [-0.1, -0.05) is 11.8 Å². The van der Waals surface area contributed by atoms with Crippen molar-refractivity contribution in [3.05, 3.63) is 0 Å². The largest absolute Gasteiger partial charge is 0.481 e. The first kappa shape index (κ1) is 12.7. The number of amidine groups is 2. The van der Waals surface area contributed by atoms with E-state index in [0.717, 1.165) is 0 Å². The molecule has 0 bridgehead atoms. The van der Waals surface area contributed by atoms with Gasteiger partial charge in [-0.15, -0.1) is 0 Å². The number of nitrogens with two attached hydrogens (primary N) is 2. The normalized spacial score (nSPS) is 20.3. The minimum Gasteiger partial charge on any atom is -0.481 e. The Balaban J connectivity index is 2.41. The number of carboxylic acid groups (broad SMARTS) is 1. The van der Waals surface area contributed by atoms with Gasteiger partial charge in [0.2, 0.25) is 0 Å². The Labute approximate surface area is 96.0 Å². The molecule has 1 heterocycles. The van der Waals surface area contributed by atoms with Crippen molar-refractivity contribution in [2.45, 2.75) is 18.9 Å². The lowest BCUT2D eigenvalue weighted by Crippen LogP contribution is -2.45. The predicted octanol–water partition coefficient (Wildman–Crippen LogP) is -0.835. The van der Waals surface area contributed by atoms with Crippen molar-refractivity contribution in [2.75, 3.05) is 5.75 Å². The van der Waals surface area contributed by atoms with E-state index in [1.54, 1.807) is 0 Å². The number of aliphatic imine (C=N–C) groups is 2. The lowest BCUT2D eigenvalue weighted by molar-refractivity contribution is -0.137. The monoisotopic (exact) mass is 244 g/mol. The van der Waals surface area contributed by atoms with Crippen molar-refractivity contribution in [3.8, 4) is 0 Å². The molecule has 0 radical (unpaired) electrons. The molecule has 0 spiro atoms. The second-order valence-electron chi connectivity index (χ2n) is 3.09. The highest BCUT2D eigenvalue weighted by atomic mass is 32.2. The zero-order chi connectivity index (χ0) is 12.1. The third-order valence-electron chi connectivity index (χ3n) is 1.78. The molecule has 0 aromatic carbocycles. The van der Waals surface area contributed by atoms with Crippen LogP contribution in [0.3, 0.4) is 0 Å². The molecular weight excluding hydrogens is 232 g/mol. The van der Waals surface area contributed by atoms with Gasteiger partial charge in [-0.3, -0.25) is 9.59 Å². The van der Waals surface area contributed by atoms with E-state index in [4.69, 9.17) is 16.6 Å². The summed E-state index contributed by atoms with van der Waals surface area (Å²) in [7, 11) is 0. The van der Waals surface area contributed by atoms with E-state index in [1.165, 1.54) is 11.8 Å². The van der Waals surface area contributed by atoms with Gasteiger partial charge in [-0.2, -0.15) is 4.99 Å². The van der Waals surface area contributed by atoms with Crippen LogP contribution in [0.4, 0.5) is 0 Å². The molecule has 0 aromatic heterocycles. The number of thioether (sulfide) groups is 1. The summed E-state index contributed by atoms with van der Waals surface area (Å²) in [6.45, 7) is 0. The number of carboxylic acids is 1. The maximum Gasteiger partial charge on any atom is 0.303 e. The van der Waals surface area contributed by atoms with Crippen molar-refractivity contribution in [3.63, 3.8) is 0 Å². The van der Waals surface area contributed by atoms with Gasteiger partial charge < -0.3 is 16.6 Å².